The average molecular weight is 552 g/mol. The molecule has 0 saturated heterocycles. The Morgan fingerprint density at radius 1 is 0.800 bits per heavy atom. The number of nitrogens with one attached hydrogen (secondary N) is 1. The second-order valence-corrected chi connectivity index (χ2v) is 10.5. The van der Waals surface area contributed by atoms with Crippen LogP contribution >= 0.6 is 0 Å². The fraction of sp³-hybridized carbons (Fsp3) is 0.576. The van der Waals surface area contributed by atoms with E-state index >= 15 is 0 Å². The number of aryl methyl sites for hydroxylation is 2. The molecule has 1 N–H and O–H groups in total. The van der Waals surface area contributed by atoms with Gasteiger partial charge in [-0.05, 0) is 43.5 Å². The van der Waals surface area contributed by atoms with Crippen molar-refractivity contribution in [1.82, 2.24) is 14.9 Å². The predicted octanol–water partition coefficient (Wildman–Crippen LogP) is 7.74. The lowest BCUT2D eigenvalue weighted by Crippen LogP contribution is -2.24. The first kappa shape index (κ1) is 31.3. The maximum Gasteiger partial charge on any atom is 0.251 e. The number of carbonyl (C=O) groups excluding carboxylic acids is 1. The normalized spacial score (nSPS) is 11.1. The number of nitrogens with zero attached hydrogens (tertiary/aromatic N) is 2. The van der Waals surface area contributed by atoms with E-state index in [1.165, 1.54) is 69.1 Å². The number of hydrogen-bond donors (Lipinski definition) is 1. The van der Waals surface area contributed by atoms with Gasteiger partial charge < -0.3 is 24.1 Å². The van der Waals surface area contributed by atoms with Gasteiger partial charge in [0, 0.05) is 25.1 Å². The molecule has 0 atom stereocenters. The highest BCUT2D eigenvalue weighted by molar-refractivity contribution is 5.95. The van der Waals surface area contributed by atoms with Crippen LogP contribution in [0.1, 0.15) is 100 Å². The SMILES string of the molecule is CCCCCCCCCCCn1c(CCCCCNC(=O)c2cc(OC)c(OC)c(OC)c2)nc2ccccc21. The minimum absolute atomic E-state index is 0.151. The summed E-state index contributed by atoms with van der Waals surface area (Å²) in [6.07, 6.45) is 15.9. The molecule has 1 heterocycles. The number of amides is 1. The zero-order valence-corrected chi connectivity index (χ0v) is 25.1. The van der Waals surface area contributed by atoms with Gasteiger partial charge in [-0.1, -0.05) is 76.8 Å². The van der Waals surface area contributed by atoms with Crippen LogP contribution in [-0.2, 0) is 13.0 Å². The number of methoxy groups -OCH3 is 3. The number of imidazole rings is 1. The summed E-state index contributed by atoms with van der Waals surface area (Å²) in [5, 5.41) is 3.02. The predicted molar refractivity (Wildman–Crippen MR) is 163 cm³/mol. The lowest BCUT2D eigenvalue weighted by molar-refractivity contribution is 0.0952. The Bertz CT molecular complexity index is 1150. The molecule has 0 bridgehead atoms. The standard InChI is InChI=1S/C33H49N3O4/c1-5-6-7-8-9-10-11-12-18-23-36-28-20-16-15-19-27(28)35-31(36)21-14-13-17-22-34-33(37)26-24-29(38-2)32(40-4)30(25-26)39-3/h15-16,19-20,24-25H,5-14,17-18,21-23H2,1-4H3,(H,34,37). The molecule has 2 aromatic carbocycles. The van der Waals surface area contributed by atoms with Crippen LogP contribution in [-0.4, -0.2) is 43.3 Å². The van der Waals surface area contributed by atoms with Crippen LogP contribution in [0.2, 0.25) is 0 Å². The second-order valence-electron chi connectivity index (χ2n) is 10.5. The Kier molecular flexibility index (Phi) is 13.7. The van der Waals surface area contributed by atoms with Gasteiger partial charge in [0.1, 0.15) is 5.82 Å². The third-order valence-electron chi connectivity index (χ3n) is 7.51. The van der Waals surface area contributed by atoms with E-state index in [1.54, 1.807) is 33.5 Å². The molecule has 0 aliphatic carbocycles. The Morgan fingerprint density at radius 3 is 2.08 bits per heavy atom. The van der Waals surface area contributed by atoms with Gasteiger partial charge in [0.25, 0.3) is 5.91 Å². The quantitative estimate of drug-likeness (QED) is 0.145. The number of unbranched alkanes of at least 4 members (excludes halogenated alkanes) is 10. The highest BCUT2D eigenvalue weighted by Gasteiger charge is 2.17. The monoisotopic (exact) mass is 551 g/mol. The average Bonchev–Trinajstić information content (AvgIpc) is 3.34. The van der Waals surface area contributed by atoms with Crippen LogP contribution in [0.5, 0.6) is 17.2 Å². The number of benzene rings is 2. The van der Waals surface area contributed by atoms with Crippen LogP contribution < -0.4 is 19.5 Å². The van der Waals surface area contributed by atoms with Gasteiger partial charge in [-0.25, -0.2) is 4.98 Å². The summed E-state index contributed by atoms with van der Waals surface area (Å²) < 4.78 is 18.5. The molecule has 0 aliphatic rings. The summed E-state index contributed by atoms with van der Waals surface area (Å²) in [4.78, 5) is 17.7. The maximum atomic E-state index is 12.7. The van der Waals surface area contributed by atoms with Crippen molar-refractivity contribution in [1.29, 1.82) is 0 Å². The van der Waals surface area contributed by atoms with E-state index in [4.69, 9.17) is 19.2 Å². The number of hydrogen-bond acceptors (Lipinski definition) is 5. The number of carbonyl (C=O) groups is 1. The van der Waals surface area contributed by atoms with Crippen molar-refractivity contribution >= 4 is 16.9 Å². The second kappa shape index (κ2) is 17.5. The van der Waals surface area contributed by atoms with Crippen LogP contribution in [0.25, 0.3) is 11.0 Å². The summed E-state index contributed by atoms with van der Waals surface area (Å²) >= 11 is 0. The van der Waals surface area contributed by atoms with Gasteiger partial charge in [-0.2, -0.15) is 0 Å². The first-order chi connectivity index (χ1) is 19.6. The van der Waals surface area contributed by atoms with Gasteiger partial charge in [0.05, 0.1) is 32.4 Å². The number of ether oxygens (including phenoxy) is 3. The van der Waals surface area contributed by atoms with Gasteiger partial charge in [-0.15, -0.1) is 0 Å². The van der Waals surface area contributed by atoms with Crippen molar-refractivity contribution < 1.29 is 19.0 Å². The van der Waals surface area contributed by atoms with Gasteiger partial charge in [0.15, 0.2) is 11.5 Å². The molecule has 40 heavy (non-hydrogen) atoms. The minimum atomic E-state index is -0.151. The van der Waals surface area contributed by atoms with Gasteiger partial charge in [-0.3, -0.25) is 4.79 Å². The molecule has 1 amide bonds. The van der Waals surface area contributed by atoms with Crippen LogP contribution in [0.3, 0.4) is 0 Å². The van der Waals surface area contributed by atoms with Crippen LogP contribution in [0, 0.1) is 0 Å². The van der Waals surface area contributed by atoms with E-state index in [9.17, 15) is 4.79 Å². The van der Waals surface area contributed by atoms with Crippen molar-refractivity contribution in [2.45, 2.75) is 96.9 Å². The summed E-state index contributed by atoms with van der Waals surface area (Å²) in [5.41, 5.74) is 2.82. The Labute approximate surface area is 240 Å². The number of rotatable bonds is 20. The highest BCUT2D eigenvalue weighted by Crippen LogP contribution is 2.38. The largest absolute Gasteiger partial charge is 0.493 e. The maximum absolute atomic E-state index is 12.7. The van der Waals surface area contributed by atoms with Crippen molar-refractivity contribution in [2.75, 3.05) is 27.9 Å². The molecule has 3 rings (SSSR count). The molecule has 0 saturated carbocycles. The van der Waals surface area contributed by atoms with Crippen molar-refractivity contribution in [2.24, 2.45) is 0 Å². The third-order valence-corrected chi connectivity index (χ3v) is 7.51. The van der Waals surface area contributed by atoms with Crippen molar-refractivity contribution in [3.05, 3.63) is 47.8 Å². The summed E-state index contributed by atoms with van der Waals surface area (Å²) in [6, 6.07) is 11.8. The van der Waals surface area contributed by atoms with Gasteiger partial charge in [0.2, 0.25) is 5.75 Å². The molecule has 0 unspecified atom stereocenters. The molecule has 7 heteroatoms. The number of para-hydroxylation sites is 2. The molecule has 220 valence electrons. The number of fused-ring (bicyclic) bond motifs is 1. The molecular formula is C33H49N3O4. The lowest BCUT2D eigenvalue weighted by Gasteiger charge is -2.14. The Hall–Kier alpha value is -3.22. The zero-order valence-electron chi connectivity index (χ0n) is 25.1. The summed E-state index contributed by atoms with van der Waals surface area (Å²) in [5.74, 6) is 2.45. The van der Waals surface area contributed by atoms with Crippen molar-refractivity contribution in [3.8, 4) is 17.2 Å². The fourth-order valence-corrected chi connectivity index (χ4v) is 5.25. The number of aromatic nitrogens is 2. The smallest absolute Gasteiger partial charge is 0.251 e. The molecule has 1 aromatic heterocycles. The minimum Gasteiger partial charge on any atom is -0.493 e. The molecule has 0 radical (unpaired) electrons. The molecular weight excluding hydrogens is 502 g/mol. The zero-order chi connectivity index (χ0) is 28.6. The molecule has 0 fully saturated rings. The van der Waals surface area contributed by atoms with Crippen molar-refractivity contribution in [3.63, 3.8) is 0 Å². The molecule has 0 aliphatic heterocycles. The molecule has 0 spiro atoms. The van der Waals surface area contributed by atoms with Gasteiger partial charge >= 0.3 is 0 Å². The van der Waals surface area contributed by atoms with E-state index in [0.717, 1.165) is 37.7 Å². The van der Waals surface area contributed by atoms with Crippen LogP contribution in [0.4, 0.5) is 0 Å². The summed E-state index contributed by atoms with van der Waals surface area (Å²) in [7, 11) is 4.64. The van der Waals surface area contributed by atoms with E-state index < -0.39 is 0 Å². The fourth-order valence-electron chi connectivity index (χ4n) is 5.25. The third kappa shape index (κ3) is 9.17. The summed E-state index contributed by atoms with van der Waals surface area (Å²) in [6.45, 7) is 3.93. The topological polar surface area (TPSA) is 74.6 Å². The Morgan fingerprint density at radius 2 is 1.43 bits per heavy atom. The molecule has 3 aromatic rings. The van der Waals surface area contributed by atoms with E-state index in [0.29, 0.717) is 29.4 Å². The lowest BCUT2D eigenvalue weighted by atomic mass is 10.1. The molecule has 7 nitrogen and oxygen atoms in total. The van der Waals surface area contributed by atoms with E-state index in [1.807, 2.05) is 0 Å². The first-order valence-electron chi connectivity index (χ1n) is 15.1. The Balaban J connectivity index is 1.43. The van der Waals surface area contributed by atoms with Crippen LogP contribution in [0.15, 0.2) is 36.4 Å². The van der Waals surface area contributed by atoms with E-state index in [2.05, 4.69) is 41.1 Å². The highest BCUT2D eigenvalue weighted by atomic mass is 16.5. The first-order valence-corrected chi connectivity index (χ1v) is 15.1. The van der Waals surface area contributed by atoms with E-state index in [-0.39, 0.29) is 5.91 Å².